The van der Waals surface area contributed by atoms with Gasteiger partial charge in [-0.3, -0.25) is 14.2 Å². The van der Waals surface area contributed by atoms with Crippen LogP contribution in [0.4, 0.5) is 0 Å². The first-order valence-electron chi connectivity index (χ1n) is 6.85. The van der Waals surface area contributed by atoms with E-state index in [1.165, 1.54) is 0 Å². The molecule has 6 nitrogen and oxygen atoms in total. The number of aromatic nitrogens is 4. The number of halogens is 1. The summed E-state index contributed by atoms with van der Waals surface area (Å²) in [6.07, 6.45) is 0. The summed E-state index contributed by atoms with van der Waals surface area (Å²) in [6.45, 7) is 9.28. The highest BCUT2D eigenvalue weighted by Gasteiger charge is 2.11. The summed E-state index contributed by atoms with van der Waals surface area (Å²) in [5.41, 5.74) is 3.94. The molecule has 0 aromatic carbocycles. The largest absolute Gasteiger partial charge is 0.353 e. The Bertz CT molecular complexity index is 659. The number of carbonyl (C=O) groups excluding carboxylic acids is 1. The van der Waals surface area contributed by atoms with E-state index in [1.807, 2.05) is 38.4 Å². The summed E-state index contributed by atoms with van der Waals surface area (Å²) in [5, 5.41) is 11.6. The van der Waals surface area contributed by atoms with Crippen molar-refractivity contribution in [1.82, 2.24) is 24.9 Å². The predicted molar refractivity (Wildman–Crippen MR) is 84.1 cm³/mol. The fraction of sp³-hybridized carbons (Fsp3) is 0.500. The number of hydrogen-bond donors (Lipinski definition) is 1. The van der Waals surface area contributed by atoms with E-state index < -0.39 is 0 Å². The van der Waals surface area contributed by atoms with Gasteiger partial charge in [-0.2, -0.15) is 10.2 Å². The molecule has 2 heterocycles. The fourth-order valence-corrected chi connectivity index (χ4v) is 2.51. The minimum atomic E-state index is -0.0466. The lowest BCUT2D eigenvalue weighted by molar-refractivity contribution is -0.121. The van der Waals surface area contributed by atoms with Gasteiger partial charge in [0.25, 0.3) is 0 Å². The van der Waals surface area contributed by atoms with Crippen LogP contribution in [0.3, 0.4) is 0 Å². The van der Waals surface area contributed by atoms with Crippen LogP contribution >= 0.6 is 15.9 Å². The van der Waals surface area contributed by atoms with Gasteiger partial charge >= 0.3 is 0 Å². The third kappa shape index (κ3) is 3.72. The van der Waals surface area contributed by atoms with Crippen molar-refractivity contribution in [3.63, 3.8) is 0 Å². The summed E-state index contributed by atoms with van der Waals surface area (Å²) >= 11 is 3.46. The number of nitrogens with zero attached hydrogens (tertiary/aromatic N) is 4. The van der Waals surface area contributed by atoms with Gasteiger partial charge in [0.1, 0.15) is 6.54 Å². The highest BCUT2D eigenvalue weighted by atomic mass is 79.9. The van der Waals surface area contributed by atoms with Crippen molar-refractivity contribution < 1.29 is 4.79 Å². The molecule has 0 saturated heterocycles. The number of carbonyl (C=O) groups is 1. The Hall–Kier alpha value is -1.63. The van der Waals surface area contributed by atoms with Gasteiger partial charge in [0.2, 0.25) is 5.91 Å². The molecule has 0 bridgehead atoms. The lowest BCUT2D eigenvalue weighted by atomic mass is 10.4. The Morgan fingerprint density at radius 2 is 1.95 bits per heavy atom. The Kier molecular flexibility index (Phi) is 4.82. The van der Waals surface area contributed by atoms with Gasteiger partial charge < -0.3 is 5.32 Å². The molecule has 0 aliphatic carbocycles. The molecule has 0 radical (unpaired) electrons. The molecule has 0 aliphatic rings. The Morgan fingerprint density at radius 1 is 1.24 bits per heavy atom. The van der Waals surface area contributed by atoms with E-state index in [4.69, 9.17) is 0 Å². The van der Waals surface area contributed by atoms with Crippen LogP contribution in [0.15, 0.2) is 10.5 Å². The van der Waals surface area contributed by atoms with Crippen molar-refractivity contribution in [3.8, 4) is 0 Å². The van der Waals surface area contributed by atoms with E-state index in [2.05, 4.69) is 31.4 Å². The highest BCUT2D eigenvalue weighted by Crippen LogP contribution is 2.19. The van der Waals surface area contributed by atoms with Crippen molar-refractivity contribution >= 4 is 21.8 Å². The minimum absolute atomic E-state index is 0.0466. The van der Waals surface area contributed by atoms with Gasteiger partial charge in [0, 0.05) is 12.2 Å². The third-order valence-electron chi connectivity index (χ3n) is 3.34. The Labute approximate surface area is 132 Å². The summed E-state index contributed by atoms with van der Waals surface area (Å²) in [6, 6.07) is 2.02. The second kappa shape index (κ2) is 6.43. The molecule has 0 spiro atoms. The van der Waals surface area contributed by atoms with Crippen LogP contribution in [-0.2, 0) is 17.9 Å². The molecular formula is C14H20BrN5O. The second-order valence-electron chi connectivity index (χ2n) is 5.14. The average molecular weight is 354 g/mol. The van der Waals surface area contributed by atoms with Crippen molar-refractivity contribution in [2.75, 3.05) is 6.54 Å². The van der Waals surface area contributed by atoms with Crippen LogP contribution in [-0.4, -0.2) is 32.0 Å². The summed E-state index contributed by atoms with van der Waals surface area (Å²) in [5.74, 6) is -0.0466. The molecule has 0 unspecified atom stereocenters. The van der Waals surface area contributed by atoms with E-state index in [0.717, 1.165) is 27.2 Å². The predicted octanol–water partition coefficient (Wildman–Crippen LogP) is 1.89. The number of aryl methyl sites for hydroxylation is 3. The first kappa shape index (κ1) is 15.8. The van der Waals surface area contributed by atoms with E-state index in [-0.39, 0.29) is 12.5 Å². The molecule has 0 fully saturated rings. The zero-order valence-corrected chi connectivity index (χ0v) is 14.4. The summed E-state index contributed by atoms with van der Waals surface area (Å²) in [4.78, 5) is 11.9. The van der Waals surface area contributed by atoms with Crippen molar-refractivity contribution in [2.45, 2.75) is 40.8 Å². The first-order valence-corrected chi connectivity index (χ1v) is 7.65. The molecule has 0 aliphatic heterocycles. The van der Waals surface area contributed by atoms with E-state index in [1.54, 1.807) is 4.68 Å². The summed E-state index contributed by atoms with van der Waals surface area (Å²) < 4.78 is 4.56. The smallest absolute Gasteiger partial charge is 0.241 e. The summed E-state index contributed by atoms with van der Waals surface area (Å²) in [7, 11) is 0. The maximum atomic E-state index is 11.9. The van der Waals surface area contributed by atoms with Gasteiger partial charge in [-0.1, -0.05) is 0 Å². The van der Waals surface area contributed by atoms with Gasteiger partial charge in [0.15, 0.2) is 0 Å². The van der Waals surface area contributed by atoms with Crippen molar-refractivity contribution in [1.29, 1.82) is 0 Å². The van der Waals surface area contributed by atoms with E-state index in [9.17, 15) is 4.79 Å². The lowest BCUT2D eigenvalue weighted by Gasteiger charge is -2.08. The first-order chi connectivity index (χ1) is 9.88. The normalized spacial score (nSPS) is 10.9. The van der Waals surface area contributed by atoms with E-state index in [0.29, 0.717) is 13.1 Å². The second-order valence-corrected chi connectivity index (χ2v) is 5.94. The molecule has 2 aromatic rings. The average Bonchev–Trinajstić information content (AvgIpc) is 2.85. The monoisotopic (exact) mass is 353 g/mol. The van der Waals surface area contributed by atoms with Crippen molar-refractivity contribution in [3.05, 3.63) is 33.3 Å². The van der Waals surface area contributed by atoms with E-state index >= 15 is 0 Å². The maximum absolute atomic E-state index is 11.9. The van der Waals surface area contributed by atoms with Crippen LogP contribution in [0.5, 0.6) is 0 Å². The van der Waals surface area contributed by atoms with Crippen LogP contribution in [0.1, 0.15) is 22.8 Å². The number of rotatable bonds is 5. The molecule has 0 saturated carbocycles. The minimum Gasteiger partial charge on any atom is -0.353 e. The molecule has 7 heteroatoms. The third-order valence-corrected chi connectivity index (χ3v) is 4.48. The van der Waals surface area contributed by atoms with Gasteiger partial charge in [-0.15, -0.1) is 0 Å². The van der Waals surface area contributed by atoms with Crippen LogP contribution < -0.4 is 5.32 Å². The van der Waals surface area contributed by atoms with Crippen LogP contribution in [0.2, 0.25) is 0 Å². The highest BCUT2D eigenvalue weighted by molar-refractivity contribution is 9.10. The topological polar surface area (TPSA) is 64.7 Å². The van der Waals surface area contributed by atoms with Gasteiger partial charge in [-0.05, 0) is 49.7 Å². The van der Waals surface area contributed by atoms with Crippen LogP contribution in [0, 0.1) is 27.7 Å². The molecule has 2 rings (SSSR count). The SMILES string of the molecule is Cc1cc(C)n(CCNC(=O)Cn2nc(C)c(Br)c2C)n1. The number of nitrogens with one attached hydrogen (secondary N) is 1. The quantitative estimate of drug-likeness (QED) is 0.892. The Morgan fingerprint density at radius 3 is 2.48 bits per heavy atom. The maximum Gasteiger partial charge on any atom is 0.241 e. The van der Waals surface area contributed by atoms with Gasteiger partial charge in [0.05, 0.1) is 28.1 Å². The molecule has 114 valence electrons. The molecule has 1 N–H and O–H groups in total. The fourth-order valence-electron chi connectivity index (χ4n) is 2.22. The van der Waals surface area contributed by atoms with Gasteiger partial charge in [-0.25, -0.2) is 0 Å². The molecular weight excluding hydrogens is 334 g/mol. The van der Waals surface area contributed by atoms with Crippen LogP contribution in [0.25, 0.3) is 0 Å². The molecule has 2 aromatic heterocycles. The zero-order valence-electron chi connectivity index (χ0n) is 12.8. The van der Waals surface area contributed by atoms with Crippen molar-refractivity contribution in [2.24, 2.45) is 0 Å². The number of hydrogen-bond acceptors (Lipinski definition) is 3. The standard InChI is InChI=1S/C14H20BrN5O/c1-9-7-10(2)19(17-9)6-5-16-13(21)8-20-12(4)14(15)11(3)18-20/h7H,5-6,8H2,1-4H3,(H,16,21). The molecule has 1 amide bonds. The molecule has 0 atom stereocenters. The zero-order chi connectivity index (χ0) is 15.6. The molecule has 21 heavy (non-hydrogen) atoms. The lowest BCUT2D eigenvalue weighted by Crippen LogP contribution is -2.31. The Balaban J connectivity index is 1.85. The number of amides is 1.